The number of carbonyl (C=O) groups is 3. The molecule has 0 saturated heterocycles. The molecule has 5 heteroatoms. The van der Waals surface area contributed by atoms with Crippen LogP contribution in [-0.4, -0.2) is 28.4 Å². The van der Waals surface area contributed by atoms with Gasteiger partial charge in [0, 0.05) is 23.2 Å². The van der Waals surface area contributed by atoms with Crippen LogP contribution in [0.25, 0.3) is 0 Å². The molecule has 0 bridgehead atoms. The molecule has 1 aromatic carbocycles. The van der Waals surface area contributed by atoms with E-state index in [0.717, 1.165) is 0 Å². The normalized spacial score (nSPS) is 11.9. The number of carbonyl (C=O) groups excluding carboxylic acids is 3. The number of nitrogens with one attached hydrogen (secondary N) is 1. The van der Waals surface area contributed by atoms with Crippen molar-refractivity contribution in [2.24, 2.45) is 0 Å². The number of hydrogen-bond acceptors (Lipinski definition) is 4. The van der Waals surface area contributed by atoms with Gasteiger partial charge in [0.1, 0.15) is 5.75 Å². The van der Waals surface area contributed by atoms with Gasteiger partial charge in [-0.2, -0.15) is 0 Å². The molecule has 132 valence electrons. The highest BCUT2D eigenvalue weighted by Crippen LogP contribution is 2.22. The van der Waals surface area contributed by atoms with Gasteiger partial charge in [0.25, 0.3) is 0 Å². The number of aryl methyl sites for hydroxylation is 1. The molecule has 0 amide bonds. The Labute approximate surface area is 147 Å². The lowest BCUT2D eigenvalue weighted by molar-refractivity contribution is 0.0812. The predicted molar refractivity (Wildman–Crippen MR) is 95.8 cm³/mol. The highest BCUT2D eigenvalue weighted by atomic mass is 16.5. The fourth-order valence-electron chi connectivity index (χ4n) is 2.91. The maximum atomic E-state index is 12.7. The largest absolute Gasteiger partial charge is 0.483 e. The van der Waals surface area contributed by atoms with Crippen molar-refractivity contribution in [2.45, 2.75) is 47.1 Å². The van der Waals surface area contributed by atoms with Crippen molar-refractivity contribution in [3.05, 3.63) is 52.3 Å². The van der Waals surface area contributed by atoms with Crippen LogP contribution in [0.3, 0.4) is 0 Å². The van der Waals surface area contributed by atoms with Crippen LogP contribution in [0, 0.1) is 13.8 Å². The quantitative estimate of drug-likeness (QED) is 0.770. The van der Waals surface area contributed by atoms with E-state index in [-0.39, 0.29) is 17.3 Å². The van der Waals surface area contributed by atoms with Gasteiger partial charge in [0.2, 0.25) is 5.78 Å². The van der Waals surface area contributed by atoms with E-state index >= 15 is 0 Å². The van der Waals surface area contributed by atoms with Crippen LogP contribution in [0.1, 0.15) is 69.7 Å². The first-order valence-electron chi connectivity index (χ1n) is 8.30. The Morgan fingerprint density at radius 1 is 1.12 bits per heavy atom. The third-order valence-corrected chi connectivity index (χ3v) is 4.22. The first-order chi connectivity index (χ1) is 11.8. The molecule has 0 unspecified atom stereocenters. The van der Waals surface area contributed by atoms with Crippen molar-refractivity contribution in [3.8, 4) is 5.75 Å². The SMILES string of the molecule is CCC(=O)c1ccc(O[C@@H](C)C(=O)c2[nH]c(C)c(C(C)=O)c2C)cc1. The second kappa shape index (κ2) is 7.47. The lowest BCUT2D eigenvalue weighted by atomic mass is 10.0. The Morgan fingerprint density at radius 3 is 2.20 bits per heavy atom. The molecule has 0 aliphatic heterocycles. The van der Waals surface area contributed by atoms with Gasteiger partial charge >= 0.3 is 0 Å². The van der Waals surface area contributed by atoms with E-state index in [1.165, 1.54) is 6.92 Å². The molecule has 0 aliphatic rings. The predicted octanol–water partition coefficient (Wildman–Crippen LogP) is 4.08. The standard InChI is InChI=1S/C20H23NO4/c1-6-17(23)15-7-9-16(10-8-15)25-14(5)20(24)19-11(2)18(13(4)22)12(3)21-19/h7-10,14,21H,6H2,1-5H3/t14-/m0/s1. The molecule has 0 saturated carbocycles. The van der Waals surface area contributed by atoms with Gasteiger partial charge in [-0.05, 0) is 57.5 Å². The van der Waals surface area contributed by atoms with Crippen LogP contribution < -0.4 is 4.74 Å². The summed E-state index contributed by atoms with van der Waals surface area (Å²) in [5.41, 5.74) is 2.90. The molecular weight excluding hydrogens is 318 g/mol. The molecule has 5 nitrogen and oxygen atoms in total. The Kier molecular flexibility index (Phi) is 5.57. The Bertz CT molecular complexity index is 815. The lowest BCUT2D eigenvalue weighted by Gasteiger charge is -2.14. The van der Waals surface area contributed by atoms with Gasteiger partial charge in [-0.3, -0.25) is 14.4 Å². The molecular formula is C20H23NO4. The second-order valence-corrected chi connectivity index (χ2v) is 6.11. The van der Waals surface area contributed by atoms with E-state index in [1.54, 1.807) is 45.0 Å². The van der Waals surface area contributed by atoms with E-state index < -0.39 is 6.10 Å². The van der Waals surface area contributed by atoms with Gasteiger partial charge in [-0.1, -0.05) is 6.92 Å². The molecule has 0 spiro atoms. The molecule has 1 N–H and O–H groups in total. The van der Waals surface area contributed by atoms with Crippen LogP contribution in [0.4, 0.5) is 0 Å². The third kappa shape index (κ3) is 3.87. The third-order valence-electron chi connectivity index (χ3n) is 4.22. The lowest BCUT2D eigenvalue weighted by Crippen LogP contribution is -2.25. The molecule has 2 aromatic rings. The zero-order valence-electron chi connectivity index (χ0n) is 15.2. The summed E-state index contributed by atoms with van der Waals surface area (Å²) in [7, 11) is 0. The molecule has 1 aromatic heterocycles. The monoisotopic (exact) mass is 341 g/mol. The van der Waals surface area contributed by atoms with Crippen LogP contribution in [0.5, 0.6) is 5.75 Å². The van der Waals surface area contributed by atoms with Gasteiger partial charge in [0.15, 0.2) is 17.7 Å². The topological polar surface area (TPSA) is 76.2 Å². The van der Waals surface area contributed by atoms with Gasteiger partial charge in [-0.25, -0.2) is 0 Å². The first-order valence-corrected chi connectivity index (χ1v) is 8.30. The molecule has 2 rings (SSSR count). The number of ketones is 3. The number of aromatic amines is 1. The van der Waals surface area contributed by atoms with Crippen molar-refractivity contribution in [1.82, 2.24) is 4.98 Å². The van der Waals surface area contributed by atoms with E-state index in [9.17, 15) is 14.4 Å². The summed E-state index contributed by atoms with van der Waals surface area (Å²) in [6, 6.07) is 6.74. The molecule has 0 aliphatic carbocycles. The van der Waals surface area contributed by atoms with Crippen LogP contribution >= 0.6 is 0 Å². The van der Waals surface area contributed by atoms with Gasteiger partial charge in [0.05, 0.1) is 5.69 Å². The van der Waals surface area contributed by atoms with Crippen molar-refractivity contribution in [2.75, 3.05) is 0 Å². The fourth-order valence-corrected chi connectivity index (χ4v) is 2.91. The number of benzene rings is 1. The summed E-state index contributed by atoms with van der Waals surface area (Å²) >= 11 is 0. The molecule has 25 heavy (non-hydrogen) atoms. The zero-order valence-corrected chi connectivity index (χ0v) is 15.2. The number of Topliss-reactive ketones (excluding diaryl/α,β-unsaturated/α-hetero) is 3. The number of rotatable bonds is 7. The average Bonchev–Trinajstić information content (AvgIpc) is 2.88. The maximum absolute atomic E-state index is 12.7. The minimum atomic E-state index is -0.718. The summed E-state index contributed by atoms with van der Waals surface area (Å²) in [5, 5.41) is 0. The summed E-state index contributed by atoms with van der Waals surface area (Å²) in [5.74, 6) is 0.281. The summed E-state index contributed by atoms with van der Waals surface area (Å²) in [4.78, 5) is 39.0. The molecule has 1 heterocycles. The van der Waals surface area contributed by atoms with Crippen molar-refractivity contribution in [1.29, 1.82) is 0 Å². The molecule has 0 radical (unpaired) electrons. The average molecular weight is 341 g/mol. The highest BCUT2D eigenvalue weighted by Gasteiger charge is 2.24. The van der Waals surface area contributed by atoms with Crippen LogP contribution in [0.15, 0.2) is 24.3 Å². The number of ether oxygens (including phenoxy) is 1. The maximum Gasteiger partial charge on any atom is 0.219 e. The van der Waals surface area contributed by atoms with Gasteiger partial charge in [-0.15, -0.1) is 0 Å². The van der Waals surface area contributed by atoms with Gasteiger partial charge < -0.3 is 9.72 Å². The van der Waals surface area contributed by atoms with Crippen LogP contribution in [0.2, 0.25) is 0 Å². The van der Waals surface area contributed by atoms with E-state index in [1.807, 2.05) is 6.92 Å². The van der Waals surface area contributed by atoms with Crippen molar-refractivity contribution in [3.63, 3.8) is 0 Å². The van der Waals surface area contributed by atoms with E-state index in [4.69, 9.17) is 4.74 Å². The van der Waals surface area contributed by atoms with E-state index in [2.05, 4.69) is 4.98 Å². The minimum absolute atomic E-state index is 0.0601. The first kappa shape index (κ1) is 18.6. The Morgan fingerprint density at radius 2 is 1.72 bits per heavy atom. The smallest absolute Gasteiger partial charge is 0.219 e. The molecule has 1 atom stereocenters. The Hall–Kier alpha value is -2.69. The number of aromatic nitrogens is 1. The van der Waals surface area contributed by atoms with Crippen LogP contribution in [-0.2, 0) is 0 Å². The summed E-state index contributed by atoms with van der Waals surface area (Å²) in [6.45, 7) is 8.48. The summed E-state index contributed by atoms with van der Waals surface area (Å²) in [6.07, 6.45) is -0.275. The second-order valence-electron chi connectivity index (χ2n) is 6.11. The minimum Gasteiger partial charge on any atom is -0.483 e. The summed E-state index contributed by atoms with van der Waals surface area (Å²) < 4.78 is 5.70. The van der Waals surface area contributed by atoms with E-state index in [0.29, 0.717) is 40.2 Å². The number of hydrogen-bond donors (Lipinski definition) is 1. The number of H-pyrrole nitrogens is 1. The fraction of sp³-hybridized carbons (Fsp3) is 0.350. The Balaban J connectivity index is 2.17. The van der Waals surface area contributed by atoms with Crippen molar-refractivity contribution < 1.29 is 19.1 Å². The zero-order chi connectivity index (χ0) is 18.7. The highest BCUT2D eigenvalue weighted by molar-refractivity contribution is 6.04. The molecule has 0 fully saturated rings. The van der Waals surface area contributed by atoms with Crippen molar-refractivity contribution >= 4 is 17.3 Å².